The summed E-state index contributed by atoms with van der Waals surface area (Å²) >= 11 is 0. The highest BCUT2D eigenvalue weighted by Crippen LogP contribution is 2.36. The Morgan fingerprint density at radius 2 is 1.73 bits per heavy atom. The van der Waals surface area contributed by atoms with E-state index in [1.54, 1.807) is 52.4 Å². The Morgan fingerprint density at radius 1 is 1.12 bits per heavy atom. The Bertz CT molecular complexity index is 1260. The maximum absolute atomic E-state index is 13.5. The summed E-state index contributed by atoms with van der Waals surface area (Å²) in [4.78, 5) is 40.2. The molecule has 1 aliphatic rings. The Hall–Kier alpha value is -3.78. The molecule has 1 saturated carbocycles. The summed E-state index contributed by atoms with van der Waals surface area (Å²) in [7, 11) is 0. The summed E-state index contributed by atoms with van der Waals surface area (Å²) < 4.78 is 18.8. The van der Waals surface area contributed by atoms with Gasteiger partial charge >= 0.3 is 12.2 Å². The van der Waals surface area contributed by atoms with E-state index in [0.717, 1.165) is 36.3 Å². The predicted molar refractivity (Wildman–Crippen MR) is 156 cm³/mol. The van der Waals surface area contributed by atoms with Crippen molar-refractivity contribution in [1.29, 1.82) is 0 Å². The molecule has 41 heavy (non-hydrogen) atoms. The second kappa shape index (κ2) is 13.3. The van der Waals surface area contributed by atoms with Crippen molar-refractivity contribution >= 4 is 23.7 Å². The van der Waals surface area contributed by atoms with E-state index in [-0.39, 0.29) is 17.8 Å². The summed E-state index contributed by atoms with van der Waals surface area (Å²) in [6, 6.07) is 0. The number of amides is 2. The van der Waals surface area contributed by atoms with Crippen molar-refractivity contribution in [3.63, 3.8) is 0 Å². The smallest absolute Gasteiger partial charge is 0.425 e. The van der Waals surface area contributed by atoms with Gasteiger partial charge in [0, 0.05) is 36.0 Å². The summed E-state index contributed by atoms with van der Waals surface area (Å²) in [6.45, 7) is 22.0. The average Bonchev–Trinajstić information content (AvgIpc) is 3.54. The van der Waals surface area contributed by atoms with Crippen LogP contribution in [0.5, 0.6) is 0 Å². The average molecular weight is 567 g/mol. The predicted octanol–water partition coefficient (Wildman–Crippen LogP) is 6.89. The molecular weight excluding hydrogens is 524 g/mol. The van der Waals surface area contributed by atoms with Crippen LogP contribution in [0.15, 0.2) is 24.9 Å². The number of anilines is 1. The molecular formula is C30H42N6O5. The number of imide groups is 1. The molecule has 2 aromatic heterocycles. The van der Waals surface area contributed by atoms with Crippen LogP contribution in [-0.4, -0.2) is 55.8 Å². The first-order valence-corrected chi connectivity index (χ1v) is 14.1. The Kier molecular flexibility index (Phi) is 10.3. The van der Waals surface area contributed by atoms with Gasteiger partial charge in [-0.1, -0.05) is 12.8 Å². The zero-order valence-corrected chi connectivity index (χ0v) is 25.4. The number of hydrogen-bond donors (Lipinski definition) is 0. The lowest BCUT2D eigenvalue weighted by atomic mass is 10.0. The monoisotopic (exact) mass is 566 g/mol. The van der Waals surface area contributed by atoms with Crippen LogP contribution >= 0.6 is 0 Å². The van der Waals surface area contributed by atoms with E-state index in [9.17, 15) is 9.59 Å². The van der Waals surface area contributed by atoms with Gasteiger partial charge in [0.2, 0.25) is 0 Å². The third-order valence-corrected chi connectivity index (χ3v) is 6.32. The van der Waals surface area contributed by atoms with Gasteiger partial charge < -0.3 is 14.2 Å². The highest BCUT2D eigenvalue weighted by Gasteiger charge is 2.36. The SMILES string of the molecule is [C-]#[N+]/C=C(/C1CCCC1)n1cc(-c2ncnc(N(C(=O)OC(C)(C)C)C(=O)OC(C)(C)C)c2CC(C)OCC)cn1. The number of rotatable bonds is 8. The van der Waals surface area contributed by atoms with Crippen molar-refractivity contribution in [2.45, 2.75) is 105 Å². The second-order valence-corrected chi connectivity index (χ2v) is 12.1. The molecule has 0 saturated heterocycles. The minimum Gasteiger partial charge on any atom is -0.443 e. The first-order valence-electron chi connectivity index (χ1n) is 14.1. The van der Waals surface area contributed by atoms with E-state index in [4.69, 9.17) is 20.8 Å². The fraction of sp³-hybridized carbons (Fsp3) is 0.600. The summed E-state index contributed by atoms with van der Waals surface area (Å²) in [5.41, 5.74) is 0.721. The summed E-state index contributed by atoms with van der Waals surface area (Å²) in [5.74, 6) is 0.301. The van der Waals surface area contributed by atoms with Crippen LogP contribution in [0.2, 0.25) is 0 Å². The van der Waals surface area contributed by atoms with Gasteiger partial charge in [0.15, 0.2) is 12.0 Å². The quantitative estimate of drug-likeness (QED) is 0.317. The van der Waals surface area contributed by atoms with Gasteiger partial charge in [-0.2, -0.15) is 10.00 Å². The first kappa shape index (κ1) is 31.7. The number of nitrogens with zero attached hydrogens (tertiary/aromatic N) is 6. The fourth-order valence-corrected chi connectivity index (χ4v) is 4.75. The second-order valence-electron chi connectivity index (χ2n) is 12.1. The number of hydrogen-bond acceptors (Lipinski definition) is 8. The van der Waals surface area contributed by atoms with Crippen molar-refractivity contribution in [3.05, 3.63) is 41.9 Å². The van der Waals surface area contributed by atoms with Crippen molar-refractivity contribution < 1.29 is 23.8 Å². The third kappa shape index (κ3) is 8.60. The molecule has 2 heterocycles. The van der Waals surface area contributed by atoms with E-state index < -0.39 is 23.4 Å². The number of carbonyl (C=O) groups excluding carboxylic acids is 2. The molecule has 0 aliphatic heterocycles. The van der Waals surface area contributed by atoms with Crippen LogP contribution in [0.25, 0.3) is 21.8 Å². The lowest BCUT2D eigenvalue weighted by molar-refractivity contribution is 0.0426. The van der Waals surface area contributed by atoms with Gasteiger partial charge in [-0.3, -0.25) is 4.68 Å². The molecule has 222 valence electrons. The van der Waals surface area contributed by atoms with E-state index in [0.29, 0.717) is 29.8 Å². The molecule has 3 rings (SSSR count). The number of allylic oxidation sites excluding steroid dienone is 1. The molecule has 0 bridgehead atoms. The molecule has 11 heteroatoms. The maximum Gasteiger partial charge on any atom is 0.425 e. The molecule has 1 fully saturated rings. The van der Waals surface area contributed by atoms with Gasteiger partial charge in [-0.15, -0.1) is 0 Å². The molecule has 2 amide bonds. The Labute approximate surface area is 242 Å². The van der Waals surface area contributed by atoms with Gasteiger partial charge in [0.25, 0.3) is 0 Å². The van der Waals surface area contributed by atoms with E-state index >= 15 is 0 Å². The van der Waals surface area contributed by atoms with Gasteiger partial charge in [0.05, 0.1) is 24.6 Å². The fourth-order valence-electron chi connectivity index (χ4n) is 4.75. The standard InChI is InChI=1S/C30H42N6O5/c1-10-39-20(2)15-23-25(22-16-34-35(18-22)24(17-31-9)21-13-11-12-14-21)32-19-33-26(23)36(27(37)40-29(3,4)5)28(38)41-30(6,7)8/h16-21H,10-15H2,1-8H3/b24-17-. The molecule has 0 radical (unpaired) electrons. The lowest BCUT2D eigenvalue weighted by Gasteiger charge is -2.29. The van der Waals surface area contributed by atoms with Crippen molar-refractivity contribution in [2.24, 2.45) is 5.92 Å². The molecule has 0 N–H and O–H groups in total. The van der Waals surface area contributed by atoms with E-state index in [1.807, 2.05) is 20.0 Å². The zero-order valence-electron chi connectivity index (χ0n) is 25.4. The Morgan fingerprint density at radius 3 is 2.27 bits per heavy atom. The third-order valence-electron chi connectivity index (χ3n) is 6.32. The maximum atomic E-state index is 13.5. The minimum absolute atomic E-state index is 0.0468. The van der Waals surface area contributed by atoms with Gasteiger partial charge in [-0.05, 0) is 74.1 Å². The van der Waals surface area contributed by atoms with Gasteiger partial charge in [0.1, 0.15) is 17.5 Å². The van der Waals surface area contributed by atoms with Crippen LogP contribution in [0.1, 0.15) is 86.6 Å². The molecule has 0 aromatic carbocycles. The van der Waals surface area contributed by atoms with Gasteiger partial charge in [-0.25, -0.2) is 24.4 Å². The first-order chi connectivity index (χ1) is 19.2. The largest absolute Gasteiger partial charge is 0.443 e. The number of aromatic nitrogens is 4. The molecule has 1 atom stereocenters. The van der Waals surface area contributed by atoms with E-state index in [2.05, 4.69) is 19.9 Å². The van der Waals surface area contributed by atoms with Crippen LogP contribution < -0.4 is 4.90 Å². The number of carbonyl (C=O) groups is 2. The normalized spacial score (nSPS) is 15.3. The summed E-state index contributed by atoms with van der Waals surface area (Å²) in [6.07, 6.45) is 8.74. The molecule has 1 aliphatic carbocycles. The minimum atomic E-state index is -0.916. The zero-order chi connectivity index (χ0) is 30.4. The molecule has 2 aromatic rings. The molecule has 1 unspecified atom stereocenters. The Balaban J connectivity index is 2.17. The summed E-state index contributed by atoms with van der Waals surface area (Å²) in [5, 5.41) is 4.57. The van der Waals surface area contributed by atoms with Crippen molar-refractivity contribution in [3.8, 4) is 11.3 Å². The van der Waals surface area contributed by atoms with Crippen LogP contribution in [-0.2, 0) is 20.6 Å². The number of ether oxygens (including phenoxy) is 3. The van der Waals surface area contributed by atoms with Crippen LogP contribution in [0.3, 0.4) is 0 Å². The lowest BCUT2D eigenvalue weighted by Crippen LogP contribution is -2.44. The van der Waals surface area contributed by atoms with Crippen LogP contribution in [0.4, 0.5) is 15.4 Å². The van der Waals surface area contributed by atoms with Crippen molar-refractivity contribution in [2.75, 3.05) is 11.5 Å². The highest BCUT2D eigenvalue weighted by molar-refractivity contribution is 6.09. The van der Waals surface area contributed by atoms with Crippen molar-refractivity contribution in [1.82, 2.24) is 19.7 Å². The van der Waals surface area contributed by atoms with E-state index in [1.165, 1.54) is 12.5 Å². The topological polar surface area (TPSA) is 113 Å². The highest BCUT2D eigenvalue weighted by atomic mass is 16.6. The molecule has 11 nitrogen and oxygen atoms in total. The molecule has 0 spiro atoms. The van der Waals surface area contributed by atoms with Crippen LogP contribution in [0, 0.1) is 12.5 Å².